The molecule has 8 heteroatoms. The highest BCUT2D eigenvalue weighted by atomic mass is 32.2. The summed E-state index contributed by atoms with van der Waals surface area (Å²) in [5.74, 6) is -0.509. The van der Waals surface area contributed by atoms with E-state index in [0.29, 0.717) is 5.69 Å². The molecule has 1 aromatic heterocycles. The number of nitrogens with zero attached hydrogens (tertiary/aromatic N) is 2. The van der Waals surface area contributed by atoms with Crippen molar-refractivity contribution < 1.29 is 17.6 Å². The topological polar surface area (TPSA) is 82.9 Å². The van der Waals surface area contributed by atoms with Gasteiger partial charge in [0, 0.05) is 32.4 Å². The fraction of sp³-hybridized carbons (Fsp3) is 0.353. The van der Waals surface area contributed by atoms with Crippen LogP contribution in [0.4, 0.5) is 11.4 Å². The minimum absolute atomic E-state index is 0.0337. The smallest absolute Gasteiger partial charge is 0.291 e. The Labute approximate surface area is 147 Å². The fourth-order valence-electron chi connectivity index (χ4n) is 2.73. The Balaban J connectivity index is 1.79. The number of benzene rings is 1. The van der Waals surface area contributed by atoms with Crippen LogP contribution in [0.3, 0.4) is 0 Å². The number of hydrogen-bond donors (Lipinski definition) is 1. The first-order valence-corrected chi connectivity index (χ1v) is 9.87. The van der Waals surface area contributed by atoms with Gasteiger partial charge in [-0.3, -0.25) is 4.79 Å². The molecule has 1 aromatic carbocycles. The van der Waals surface area contributed by atoms with Gasteiger partial charge < -0.3 is 19.5 Å². The van der Waals surface area contributed by atoms with Gasteiger partial charge in [0.15, 0.2) is 5.76 Å². The maximum absolute atomic E-state index is 12.4. The number of sulfone groups is 1. The Morgan fingerprint density at radius 2 is 1.76 bits per heavy atom. The summed E-state index contributed by atoms with van der Waals surface area (Å²) >= 11 is 0. The number of piperazine rings is 1. The van der Waals surface area contributed by atoms with Gasteiger partial charge in [-0.1, -0.05) is 12.1 Å². The molecular weight excluding hydrogens is 342 g/mol. The van der Waals surface area contributed by atoms with Gasteiger partial charge in [0.1, 0.15) is 0 Å². The summed E-state index contributed by atoms with van der Waals surface area (Å²) in [6, 6.07) is 10.2. The van der Waals surface area contributed by atoms with Gasteiger partial charge >= 0.3 is 0 Å². The zero-order chi connectivity index (χ0) is 18.0. The van der Waals surface area contributed by atoms with Gasteiger partial charge in [-0.05, 0) is 31.3 Å². The van der Waals surface area contributed by atoms with Crippen molar-refractivity contribution in [2.75, 3.05) is 49.7 Å². The third-order valence-electron chi connectivity index (χ3n) is 4.17. The summed E-state index contributed by atoms with van der Waals surface area (Å²) in [5, 5.41) is 2.60. The third kappa shape index (κ3) is 4.02. The molecule has 0 spiro atoms. The summed E-state index contributed by atoms with van der Waals surface area (Å²) < 4.78 is 28.1. The van der Waals surface area contributed by atoms with E-state index in [1.54, 1.807) is 0 Å². The molecule has 25 heavy (non-hydrogen) atoms. The van der Waals surface area contributed by atoms with Crippen molar-refractivity contribution in [2.45, 2.75) is 5.09 Å². The molecule has 3 rings (SSSR count). The van der Waals surface area contributed by atoms with Crippen molar-refractivity contribution in [1.29, 1.82) is 0 Å². The van der Waals surface area contributed by atoms with Gasteiger partial charge in [-0.2, -0.15) is 0 Å². The molecule has 1 aliphatic rings. The Kier molecular flexibility index (Phi) is 4.82. The minimum Gasteiger partial charge on any atom is -0.440 e. The van der Waals surface area contributed by atoms with E-state index in [1.807, 2.05) is 24.3 Å². The van der Waals surface area contributed by atoms with Crippen LogP contribution < -0.4 is 10.2 Å². The normalized spacial score (nSPS) is 16.0. The molecule has 1 fully saturated rings. The number of carbonyl (C=O) groups excluding carboxylic acids is 1. The van der Waals surface area contributed by atoms with E-state index >= 15 is 0 Å². The molecule has 0 atom stereocenters. The van der Waals surface area contributed by atoms with Crippen LogP contribution in [0.5, 0.6) is 0 Å². The fourth-order valence-corrected chi connectivity index (χ4v) is 3.28. The number of carbonyl (C=O) groups is 1. The minimum atomic E-state index is -3.48. The Bertz CT molecular complexity index is 868. The molecule has 1 aliphatic heterocycles. The van der Waals surface area contributed by atoms with Crippen LogP contribution >= 0.6 is 0 Å². The van der Waals surface area contributed by atoms with Crippen LogP contribution in [-0.4, -0.2) is 58.7 Å². The van der Waals surface area contributed by atoms with Crippen LogP contribution in [-0.2, 0) is 9.84 Å². The predicted molar refractivity (Wildman–Crippen MR) is 95.9 cm³/mol. The first kappa shape index (κ1) is 17.5. The van der Waals surface area contributed by atoms with E-state index in [1.165, 1.54) is 12.1 Å². The lowest BCUT2D eigenvalue weighted by atomic mass is 10.2. The van der Waals surface area contributed by atoms with Crippen LogP contribution in [0, 0.1) is 0 Å². The van der Waals surface area contributed by atoms with Gasteiger partial charge in [0.05, 0.1) is 11.4 Å². The Morgan fingerprint density at radius 3 is 2.40 bits per heavy atom. The molecule has 1 amide bonds. The second kappa shape index (κ2) is 6.89. The molecule has 2 heterocycles. The van der Waals surface area contributed by atoms with Crippen molar-refractivity contribution in [3.05, 3.63) is 42.2 Å². The van der Waals surface area contributed by atoms with Gasteiger partial charge in [-0.15, -0.1) is 0 Å². The average Bonchev–Trinajstić information content (AvgIpc) is 3.07. The van der Waals surface area contributed by atoms with E-state index < -0.39 is 15.7 Å². The quantitative estimate of drug-likeness (QED) is 0.890. The third-order valence-corrected chi connectivity index (χ3v) is 5.12. The second-order valence-corrected chi connectivity index (χ2v) is 8.10. The SMILES string of the molecule is CN1CCN(c2ccccc2NC(=O)c2ccc(S(C)(=O)=O)o2)CC1. The van der Waals surface area contributed by atoms with Gasteiger partial charge in [0.25, 0.3) is 5.91 Å². The van der Waals surface area contributed by atoms with Crippen molar-refractivity contribution in [3.63, 3.8) is 0 Å². The zero-order valence-corrected chi connectivity index (χ0v) is 15.0. The molecular formula is C17H21N3O4S. The molecule has 0 aliphatic carbocycles. The highest BCUT2D eigenvalue weighted by molar-refractivity contribution is 7.90. The zero-order valence-electron chi connectivity index (χ0n) is 14.2. The maximum Gasteiger partial charge on any atom is 0.291 e. The van der Waals surface area contributed by atoms with Crippen molar-refractivity contribution in [2.24, 2.45) is 0 Å². The van der Waals surface area contributed by atoms with Crippen molar-refractivity contribution in [3.8, 4) is 0 Å². The summed E-state index contributed by atoms with van der Waals surface area (Å²) in [4.78, 5) is 16.9. The molecule has 1 saturated heterocycles. The molecule has 0 radical (unpaired) electrons. The number of para-hydroxylation sites is 2. The number of anilines is 2. The maximum atomic E-state index is 12.4. The van der Waals surface area contributed by atoms with E-state index in [4.69, 9.17) is 4.42 Å². The number of likely N-dealkylation sites (N-methyl/N-ethyl adjacent to an activating group) is 1. The summed E-state index contributed by atoms with van der Waals surface area (Å²) in [6.45, 7) is 3.67. The Hall–Kier alpha value is -2.32. The molecule has 1 N–H and O–H groups in total. The monoisotopic (exact) mass is 363 g/mol. The van der Waals surface area contributed by atoms with Gasteiger partial charge in [0.2, 0.25) is 14.9 Å². The largest absolute Gasteiger partial charge is 0.440 e. The van der Waals surface area contributed by atoms with Crippen LogP contribution in [0.15, 0.2) is 45.9 Å². The van der Waals surface area contributed by atoms with Crippen LogP contribution in [0.25, 0.3) is 0 Å². The van der Waals surface area contributed by atoms with E-state index in [0.717, 1.165) is 38.1 Å². The Morgan fingerprint density at radius 1 is 1.08 bits per heavy atom. The predicted octanol–water partition coefficient (Wildman–Crippen LogP) is 1.69. The number of hydrogen-bond acceptors (Lipinski definition) is 6. The lowest BCUT2D eigenvalue weighted by Gasteiger charge is -2.35. The lowest BCUT2D eigenvalue weighted by molar-refractivity contribution is 0.0991. The highest BCUT2D eigenvalue weighted by Gasteiger charge is 2.20. The van der Waals surface area contributed by atoms with Gasteiger partial charge in [-0.25, -0.2) is 8.42 Å². The molecule has 2 aromatic rings. The highest BCUT2D eigenvalue weighted by Crippen LogP contribution is 2.27. The lowest BCUT2D eigenvalue weighted by Crippen LogP contribution is -2.44. The number of amides is 1. The van der Waals surface area contributed by atoms with Crippen molar-refractivity contribution in [1.82, 2.24) is 4.90 Å². The standard InChI is InChI=1S/C17H21N3O4S/c1-19-9-11-20(12-10-19)14-6-4-3-5-13(14)18-17(21)15-7-8-16(24-15)25(2,22)23/h3-8H,9-12H2,1-2H3,(H,18,21). The molecule has 0 unspecified atom stereocenters. The summed E-state index contributed by atoms with van der Waals surface area (Å²) in [6.07, 6.45) is 1.04. The molecule has 0 saturated carbocycles. The first-order valence-electron chi connectivity index (χ1n) is 7.98. The van der Waals surface area contributed by atoms with Crippen LogP contribution in [0.1, 0.15) is 10.6 Å². The van der Waals surface area contributed by atoms with Crippen molar-refractivity contribution >= 4 is 27.1 Å². The number of rotatable bonds is 4. The molecule has 134 valence electrons. The van der Waals surface area contributed by atoms with Crippen LogP contribution in [0.2, 0.25) is 0 Å². The summed E-state index contributed by atoms with van der Waals surface area (Å²) in [5.41, 5.74) is 1.62. The van der Waals surface area contributed by atoms with E-state index in [9.17, 15) is 13.2 Å². The average molecular weight is 363 g/mol. The summed E-state index contributed by atoms with van der Waals surface area (Å²) in [7, 11) is -1.39. The molecule has 0 bridgehead atoms. The number of furan rings is 1. The number of nitrogens with one attached hydrogen (secondary N) is 1. The van der Waals surface area contributed by atoms with E-state index in [2.05, 4.69) is 22.2 Å². The molecule has 7 nitrogen and oxygen atoms in total. The first-order chi connectivity index (χ1) is 11.8. The van der Waals surface area contributed by atoms with E-state index in [-0.39, 0.29) is 10.9 Å². The second-order valence-electron chi connectivity index (χ2n) is 6.15.